The molecule has 1 aromatic heterocycles. The third kappa shape index (κ3) is 5.50. The molecule has 1 aromatic carbocycles. The van der Waals surface area contributed by atoms with E-state index in [9.17, 15) is 21.6 Å². The van der Waals surface area contributed by atoms with Gasteiger partial charge in [-0.15, -0.1) is 10.2 Å². The van der Waals surface area contributed by atoms with Crippen molar-refractivity contribution in [1.82, 2.24) is 15.1 Å². The molecule has 1 aliphatic carbocycles. The second-order valence-corrected chi connectivity index (χ2v) is 10.4. The van der Waals surface area contributed by atoms with Crippen molar-refractivity contribution in [2.45, 2.75) is 50.9 Å². The van der Waals surface area contributed by atoms with Gasteiger partial charge in [0.2, 0.25) is 10.0 Å². The summed E-state index contributed by atoms with van der Waals surface area (Å²) in [5.74, 6) is 0.626. The van der Waals surface area contributed by atoms with Crippen LogP contribution in [0.2, 0.25) is 0 Å². The molecule has 7 nitrogen and oxygen atoms in total. The minimum absolute atomic E-state index is 0.191. The summed E-state index contributed by atoms with van der Waals surface area (Å²) in [6, 6.07) is 5.55. The zero-order valence-corrected chi connectivity index (χ0v) is 18.7. The van der Waals surface area contributed by atoms with Crippen molar-refractivity contribution in [2.75, 3.05) is 29.4 Å². The molecule has 0 radical (unpaired) electrons. The van der Waals surface area contributed by atoms with E-state index in [-0.39, 0.29) is 23.0 Å². The van der Waals surface area contributed by atoms with Crippen LogP contribution in [-0.2, 0) is 16.2 Å². The first-order valence-corrected chi connectivity index (χ1v) is 12.4. The molecule has 0 unspecified atom stereocenters. The molecule has 1 aliphatic heterocycles. The minimum atomic E-state index is -4.60. The van der Waals surface area contributed by atoms with Crippen LogP contribution in [0, 0.1) is 6.92 Å². The van der Waals surface area contributed by atoms with E-state index in [0.29, 0.717) is 11.9 Å². The Labute approximate surface area is 185 Å². The van der Waals surface area contributed by atoms with Gasteiger partial charge in [0.05, 0.1) is 23.2 Å². The third-order valence-electron chi connectivity index (χ3n) is 5.76. The van der Waals surface area contributed by atoms with Crippen LogP contribution >= 0.6 is 0 Å². The van der Waals surface area contributed by atoms with Crippen LogP contribution in [0.25, 0.3) is 11.3 Å². The smallest absolute Gasteiger partial charge is 0.364 e. The zero-order chi connectivity index (χ0) is 23.1. The van der Waals surface area contributed by atoms with Gasteiger partial charge in [-0.3, -0.25) is 9.62 Å². The number of alkyl halides is 3. The molecule has 2 aromatic rings. The molecule has 0 bridgehead atoms. The highest BCUT2D eigenvalue weighted by Crippen LogP contribution is 2.36. The monoisotopic (exact) mass is 469 g/mol. The van der Waals surface area contributed by atoms with E-state index >= 15 is 0 Å². The van der Waals surface area contributed by atoms with Gasteiger partial charge in [0, 0.05) is 24.2 Å². The molecule has 0 amide bonds. The summed E-state index contributed by atoms with van der Waals surface area (Å²) >= 11 is 0. The summed E-state index contributed by atoms with van der Waals surface area (Å²) in [4.78, 5) is 2.50. The molecule has 2 N–H and O–H groups in total. The van der Waals surface area contributed by atoms with E-state index in [1.54, 1.807) is 6.07 Å². The lowest BCUT2D eigenvalue weighted by atomic mass is 10.0. The maximum atomic E-state index is 13.1. The Kier molecular flexibility index (Phi) is 6.06. The van der Waals surface area contributed by atoms with Crippen molar-refractivity contribution in [1.29, 1.82) is 0 Å². The van der Waals surface area contributed by atoms with Crippen molar-refractivity contribution >= 4 is 21.5 Å². The van der Waals surface area contributed by atoms with E-state index < -0.39 is 21.8 Å². The molecule has 1 atom stereocenters. The van der Waals surface area contributed by atoms with Crippen LogP contribution in [0.3, 0.4) is 0 Å². The number of anilines is 2. The SMILES string of the molecule is Cc1cc(-c2ccc(C(F)(F)F)cc2NS(C)(=O)=O)nnc1N[C@@H]1CCCN(C2CC2)C1. The largest absolute Gasteiger partial charge is 0.416 e. The van der Waals surface area contributed by atoms with Crippen LogP contribution in [0.1, 0.15) is 36.8 Å². The number of aryl methyl sites for hydroxylation is 1. The summed E-state index contributed by atoms with van der Waals surface area (Å²) < 4.78 is 65.0. The molecule has 2 fully saturated rings. The van der Waals surface area contributed by atoms with Gasteiger partial charge in [-0.1, -0.05) is 6.07 Å². The summed E-state index contributed by atoms with van der Waals surface area (Å²) in [6.07, 6.45) is 0.957. The number of halogens is 3. The van der Waals surface area contributed by atoms with Crippen LogP contribution < -0.4 is 10.0 Å². The molecular weight excluding hydrogens is 443 g/mol. The Morgan fingerprint density at radius 3 is 2.50 bits per heavy atom. The summed E-state index contributed by atoms with van der Waals surface area (Å²) in [6.45, 7) is 3.92. The molecule has 4 rings (SSSR count). The van der Waals surface area contributed by atoms with Crippen molar-refractivity contribution in [3.63, 3.8) is 0 Å². The lowest BCUT2D eigenvalue weighted by Gasteiger charge is -2.33. The molecule has 1 saturated carbocycles. The van der Waals surface area contributed by atoms with Crippen LogP contribution in [0.5, 0.6) is 0 Å². The molecule has 0 spiro atoms. The highest BCUT2D eigenvalue weighted by Gasteiger charge is 2.33. The number of piperidine rings is 1. The first-order chi connectivity index (χ1) is 15.0. The Morgan fingerprint density at radius 2 is 1.88 bits per heavy atom. The lowest BCUT2D eigenvalue weighted by Crippen LogP contribution is -2.43. The first kappa shape index (κ1) is 22.8. The van der Waals surface area contributed by atoms with Crippen molar-refractivity contribution in [3.05, 3.63) is 35.4 Å². The number of aromatic nitrogens is 2. The fourth-order valence-corrected chi connectivity index (χ4v) is 4.64. The predicted molar refractivity (Wildman–Crippen MR) is 117 cm³/mol. The van der Waals surface area contributed by atoms with Crippen molar-refractivity contribution in [2.24, 2.45) is 0 Å². The fourth-order valence-electron chi connectivity index (χ4n) is 4.08. The number of benzene rings is 1. The summed E-state index contributed by atoms with van der Waals surface area (Å²) in [7, 11) is -3.80. The van der Waals surface area contributed by atoms with Gasteiger partial charge < -0.3 is 5.32 Å². The van der Waals surface area contributed by atoms with Crippen LogP contribution in [0.4, 0.5) is 24.7 Å². The Balaban J connectivity index is 1.59. The van der Waals surface area contributed by atoms with Crippen molar-refractivity contribution in [3.8, 4) is 11.3 Å². The molecule has 1 saturated heterocycles. The summed E-state index contributed by atoms with van der Waals surface area (Å²) in [5, 5.41) is 11.9. The predicted octanol–water partition coefficient (Wildman–Crippen LogP) is 3.88. The maximum absolute atomic E-state index is 13.1. The quantitative estimate of drug-likeness (QED) is 0.668. The van der Waals surface area contributed by atoms with Crippen LogP contribution in [0.15, 0.2) is 24.3 Å². The first-order valence-electron chi connectivity index (χ1n) is 10.5. The zero-order valence-electron chi connectivity index (χ0n) is 17.9. The van der Waals surface area contributed by atoms with Gasteiger partial charge in [0.15, 0.2) is 5.82 Å². The van der Waals surface area contributed by atoms with Gasteiger partial charge in [-0.05, 0) is 62.9 Å². The van der Waals surface area contributed by atoms with Crippen molar-refractivity contribution < 1.29 is 21.6 Å². The molecule has 2 aliphatic rings. The highest BCUT2D eigenvalue weighted by molar-refractivity contribution is 7.92. The fraction of sp³-hybridized carbons (Fsp3) is 0.524. The molecule has 2 heterocycles. The number of nitrogens with zero attached hydrogens (tertiary/aromatic N) is 3. The number of rotatable bonds is 6. The van der Waals surface area contributed by atoms with Crippen LogP contribution in [-0.4, -0.2) is 54.9 Å². The molecule has 11 heteroatoms. The minimum Gasteiger partial charge on any atom is -0.364 e. The highest BCUT2D eigenvalue weighted by atomic mass is 32.2. The standard InChI is InChI=1S/C21H26F3N5O2S/c1-13-10-18(17-8-5-14(21(22,23)24)11-19(17)28-32(2,30)31)26-27-20(13)25-15-4-3-9-29(12-15)16-6-7-16/h5,8,10-11,15-16,28H,3-4,6-7,9,12H2,1-2H3,(H,25,27)/t15-/m1/s1. The Bertz CT molecular complexity index is 1100. The van der Waals surface area contributed by atoms with E-state index in [1.165, 1.54) is 18.9 Å². The maximum Gasteiger partial charge on any atom is 0.416 e. The number of hydrogen-bond acceptors (Lipinski definition) is 6. The summed E-state index contributed by atoms with van der Waals surface area (Å²) in [5.41, 5.74) is 0.153. The van der Waals surface area contributed by atoms with Gasteiger partial charge in [0.25, 0.3) is 0 Å². The van der Waals surface area contributed by atoms with E-state index in [4.69, 9.17) is 0 Å². The lowest BCUT2D eigenvalue weighted by molar-refractivity contribution is -0.137. The van der Waals surface area contributed by atoms with Gasteiger partial charge >= 0.3 is 6.18 Å². The molecular formula is C21H26F3N5O2S. The van der Waals surface area contributed by atoms with Gasteiger partial charge in [0.1, 0.15) is 0 Å². The number of nitrogens with one attached hydrogen (secondary N) is 2. The van der Waals surface area contributed by atoms with E-state index in [0.717, 1.165) is 49.9 Å². The average Bonchev–Trinajstić information content (AvgIpc) is 3.53. The van der Waals surface area contributed by atoms with E-state index in [1.807, 2.05) is 6.92 Å². The third-order valence-corrected chi connectivity index (χ3v) is 6.35. The second-order valence-electron chi connectivity index (χ2n) is 8.60. The van der Waals surface area contributed by atoms with Gasteiger partial charge in [-0.2, -0.15) is 13.2 Å². The Morgan fingerprint density at radius 1 is 1.12 bits per heavy atom. The van der Waals surface area contributed by atoms with E-state index in [2.05, 4.69) is 25.1 Å². The number of sulfonamides is 1. The average molecular weight is 470 g/mol. The molecule has 32 heavy (non-hydrogen) atoms. The Hall–Kier alpha value is -2.40. The number of likely N-dealkylation sites (tertiary alicyclic amines) is 1. The van der Waals surface area contributed by atoms with Gasteiger partial charge in [-0.25, -0.2) is 8.42 Å². The number of hydrogen-bond donors (Lipinski definition) is 2. The normalized spacial score (nSPS) is 20.2. The topological polar surface area (TPSA) is 87.2 Å². The molecule has 174 valence electrons. The second kappa shape index (κ2) is 8.51.